The highest BCUT2D eigenvalue weighted by Gasteiger charge is 2.21. The minimum atomic E-state index is -0.359. The van der Waals surface area contributed by atoms with Crippen molar-refractivity contribution in [1.82, 2.24) is 10.6 Å². The predicted molar refractivity (Wildman–Crippen MR) is 111 cm³/mol. The molecule has 6 heteroatoms. The standard InChI is InChI=1S/C21H27N3O2.ClH/c1-3-12-23-21(26)18-11-7-8-16(13-18)14-24-20(25)15(2)19(22)17-9-5-4-6-10-17;/h4-11,13,15,19H,3,12,14,22H2,1-2H3,(H,23,26)(H,24,25);1H. The lowest BCUT2D eigenvalue weighted by molar-refractivity contribution is -0.125. The molecule has 0 saturated heterocycles. The number of halogens is 1. The molecule has 0 aromatic heterocycles. The topological polar surface area (TPSA) is 84.2 Å². The van der Waals surface area contributed by atoms with E-state index in [0.29, 0.717) is 18.7 Å². The van der Waals surface area contributed by atoms with Crippen molar-refractivity contribution in [2.45, 2.75) is 32.9 Å². The van der Waals surface area contributed by atoms with Crippen LogP contribution in [0.4, 0.5) is 0 Å². The van der Waals surface area contributed by atoms with Crippen LogP contribution in [0.25, 0.3) is 0 Å². The summed E-state index contributed by atoms with van der Waals surface area (Å²) in [7, 11) is 0. The Bertz CT molecular complexity index is 737. The molecular weight excluding hydrogens is 362 g/mol. The smallest absolute Gasteiger partial charge is 0.251 e. The van der Waals surface area contributed by atoms with Crippen LogP contribution in [-0.2, 0) is 11.3 Å². The lowest BCUT2D eigenvalue weighted by Gasteiger charge is -2.20. The summed E-state index contributed by atoms with van der Waals surface area (Å²) >= 11 is 0. The maximum Gasteiger partial charge on any atom is 0.251 e. The Hall–Kier alpha value is -2.37. The van der Waals surface area contributed by atoms with Crippen molar-refractivity contribution in [2.75, 3.05) is 6.54 Å². The van der Waals surface area contributed by atoms with E-state index in [1.54, 1.807) is 12.1 Å². The molecule has 2 aromatic rings. The van der Waals surface area contributed by atoms with Crippen molar-refractivity contribution in [3.05, 3.63) is 71.3 Å². The third-order valence-corrected chi connectivity index (χ3v) is 4.33. The second kappa shape index (κ2) is 11.4. The zero-order valence-corrected chi connectivity index (χ0v) is 16.6. The fourth-order valence-electron chi connectivity index (χ4n) is 2.64. The summed E-state index contributed by atoms with van der Waals surface area (Å²) in [6, 6.07) is 16.5. The van der Waals surface area contributed by atoms with Gasteiger partial charge in [-0.15, -0.1) is 12.4 Å². The van der Waals surface area contributed by atoms with E-state index in [-0.39, 0.29) is 36.2 Å². The fraction of sp³-hybridized carbons (Fsp3) is 0.333. The lowest BCUT2D eigenvalue weighted by Crippen LogP contribution is -2.35. The van der Waals surface area contributed by atoms with Crippen molar-refractivity contribution in [2.24, 2.45) is 11.7 Å². The number of nitrogens with one attached hydrogen (secondary N) is 2. The molecule has 27 heavy (non-hydrogen) atoms. The average Bonchev–Trinajstić information content (AvgIpc) is 2.69. The van der Waals surface area contributed by atoms with Crippen LogP contribution in [0.5, 0.6) is 0 Å². The number of rotatable bonds is 8. The first kappa shape index (κ1) is 22.7. The second-order valence-electron chi connectivity index (χ2n) is 6.40. The molecule has 0 radical (unpaired) electrons. The first-order valence-corrected chi connectivity index (χ1v) is 8.98. The quantitative estimate of drug-likeness (QED) is 0.648. The second-order valence-corrected chi connectivity index (χ2v) is 6.40. The van der Waals surface area contributed by atoms with E-state index >= 15 is 0 Å². The van der Waals surface area contributed by atoms with E-state index in [4.69, 9.17) is 5.73 Å². The van der Waals surface area contributed by atoms with Gasteiger partial charge < -0.3 is 16.4 Å². The van der Waals surface area contributed by atoms with E-state index in [1.807, 2.05) is 56.3 Å². The third kappa shape index (κ3) is 6.70. The van der Waals surface area contributed by atoms with Gasteiger partial charge >= 0.3 is 0 Å². The number of carbonyl (C=O) groups excluding carboxylic acids is 2. The number of hydrogen-bond acceptors (Lipinski definition) is 3. The largest absolute Gasteiger partial charge is 0.352 e. The molecule has 146 valence electrons. The molecule has 2 atom stereocenters. The van der Waals surface area contributed by atoms with Gasteiger partial charge in [0.25, 0.3) is 5.91 Å². The van der Waals surface area contributed by atoms with Gasteiger partial charge in [0, 0.05) is 24.7 Å². The van der Waals surface area contributed by atoms with E-state index in [9.17, 15) is 9.59 Å². The van der Waals surface area contributed by atoms with E-state index in [1.165, 1.54) is 0 Å². The van der Waals surface area contributed by atoms with Crippen LogP contribution in [0.15, 0.2) is 54.6 Å². The van der Waals surface area contributed by atoms with Crippen molar-refractivity contribution >= 4 is 24.2 Å². The molecular formula is C21H28ClN3O2. The van der Waals surface area contributed by atoms with Gasteiger partial charge in [0.2, 0.25) is 5.91 Å². The molecule has 2 amide bonds. The molecule has 0 bridgehead atoms. The highest BCUT2D eigenvalue weighted by molar-refractivity contribution is 5.94. The Morgan fingerprint density at radius 2 is 1.74 bits per heavy atom. The molecule has 0 spiro atoms. The van der Waals surface area contributed by atoms with Gasteiger partial charge in [-0.05, 0) is 29.7 Å². The lowest BCUT2D eigenvalue weighted by atomic mass is 9.94. The van der Waals surface area contributed by atoms with Crippen LogP contribution in [-0.4, -0.2) is 18.4 Å². The average molecular weight is 390 g/mol. The number of nitrogens with two attached hydrogens (primary N) is 1. The van der Waals surface area contributed by atoms with Crippen LogP contribution in [0, 0.1) is 5.92 Å². The van der Waals surface area contributed by atoms with E-state index in [2.05, 4.69) is 10.6 Å². The van der Waals surface area contributed by atoms with Gasteiger partial charge in [-0.3, -0.25) is 9.59 Å². The maximum atomic E-state index is 12.4. The minimum Gasteiger partial charge on any atom is -0.352 e. The SMILES string of the molecule is CCCNC(=O)c1cccc(CNC(=O)C(C)C(N)c2ccccc2)c1.Cl. The number of benzene rings is 2. The van der Waals surface area contributed by atoms with Gasteiger partial charge in [-0.1, -0.05) is 56.3 Å². The molecule has 4 N–H and O–H groups in total. The normalized spacial score (nSPS) is 12.4. The molecule has 2 aromatic carbocycles. The number of carbonyl (C=O) groups is 2. The Balaban J connectivity index is 0.00000364. The summed E-state index contributed by atoms with van der Waals surface area (Å²) in [5, 5.41) is 5.76. The summed E-state index contributed by atoms with van der Waals surface area (Å²) in [6.45, 7) is 4.84. The first-order valence-electron chi connectivity index (χ1n) is 8.98. The molecule has 2 unspecified atom stereocenters. The zero-order valence-electron chi connectivity index (χ0n) is 15.8. The van der Waals surface area contributed by atoms with Crippen molar-refractivity contribution in [1.29, 1.82) is 0 Å². The fourth-order valence-corrected chi connectivity index (χ4v) is 2.64. The molecule has 0 aliphatic heterocycles. The van der Waals surface area contributed by atoms with Gasteiger partial charge in [-0.2, -0.15) is 0 Å². The van der Waals surface area contributed by atoms with Crippen molar-refractivity contribution in [3.8, 4) is 0 Å². The highest BCUT2D eigenvalue weighted by atomic mass is 35.5. The van der Waals surface area contributed by atoms with Gasteiger partial charge in [-0.25, -0.2) is 0 Å². The monoisotopic (exact) mass is 389 g/mol. The Morgan fingerprint density at radius 1 is 1.04 bits per heavy atom. The maximum absolute atomic E-state index is 12.4. The van der Waals surface area contributed by atoms with E-state index in [0.717, 1.165) is 17.5 Å². The van der Waals surface area contributed by atoms with Crippen LogP contribution in [0.1, 0.15) is 47.8 Å². The summed E-state index contributed by atoms with van der Waals surface area (Å²) in [5.74, 6) is -0.560. The summed E-state index contributed by atoms with van der Waals surface area (Å²) in [6.07, 6.45) is 0.890. The Labute approximate surface area is 167 Å². The van der Waals surface area contributed by atoms with Gasteiger partial charge in [0.05, 0.1) is 5.92 Å². The van der Waals surface area contributed by atoms with Crippen LogP contribution >= 0.6 is 12.4 Å². The molecule has 0 aliphatic rings. The molecule has 5 nitrogen and oxygen atoms in total. The molecule has 0 fully saturated rings. The Morgan fingerprint density at radius 3 is 2.41 bits per heavy atom. The molecule has 0 aliphatic carbocycles. The number of hydrogen-bond donors (Lipinski definition) is 3. The van der Waals surface area contributed by atoms with Crippen molar-refractivity contribution in [3.63, 3.8) is 0 Å². The summed E-state index contributed by atoms with van der Waals surface area (Å²) < 4.78 is 0. The van der Waals surface area contributed by atoms with Crippen molar-refractivity contribution < 1.29 is 9.59 Å². The highest BCUT2D eigenvalue weighted by Crippen LogP contribution is 2.19. The minimum absolute atomic E-state index is 0. The number of amides is 2. The van der Waals surface area contributed by atoms with Gasteiger partial charge in [0.1, 0.15) is 0 Å². The van der Waals surface area contributed by atoms with Crippen LogP contribution in [0.3, 0.4) is 0 Å². The van der Waals surface area contributed by atoms with Crippen LogP contribution < -0.4 is 16.4 Å². The molecule has 0 heterocycles. The van der Waals surface area contributed by atoms with Crippen LogP contribution in [0.2, 0.25) is 0 Å². The predicted octanol–water partition coefficient (Wildman–Crippen LogP) is 3.20. The summed E-state index contributed by atoms with van der Waals surface area (Å²) in [5.41, 5.74) is 8.61. The summed E-state index contributed by atoms with van der Waals surface area (Å²) in [4.78, 5) is 24.5. The molecule has 2 rings (SSSR count). The van der Waals surface area contributed by atoms with E-state index < -0.39 is 0 Å². The van der Waals surface area contributed by atoms with Gasteiger partial charge in [0.15, 0.2) is 0 Å². The third-order valence-electron chi connectivity index (χ3n) is 4.33. The zero-order chi connectivity index (χ0) is 18.9. The molecule has 0 saturated carbocycles. The Kier molecular flexibility index (Phi) is 9.54. The first-order chi connectivity index (χ1) is 12.5.